The Morgan fingerprint density at radius 3 is 2.69 bits per heavy atom. The van der Waals surface area contributed by atoms with E-state index >= 15 is 0 Å². The molecular formula is C9H10ClF2N. The smallest absolute Gasteiger partial charge is 0.142 e. The zero-order valence-corrected chi connectivity index (χ0v) is 7.91. The van der Waals surface area contributed by atoms with Gasteiger partial charge in [0.25, 0.3) is 0 Å². The van der Waals surface area contributed by atoms with Crippen LogP contribution in [0.2, 0.25) is 5.02 Å². The second kappa shape index (κ2) is 3.92. The first kappa shape index (κ1) is 10.3. The van der Waals surface area contributed by atoms with Crippen molar-refractivity contribution in [3.05, 3.63) is 28.5 Å². The van der Waals surface area contributed by atoms with E-state index in [0.29, 0.717) is 11.3 Å². The van der Waals surface area contributed by atoms with Gasteiger partial charge in [-0.2, -0.15) is 0 Å². The number of benzene rings is 1. The summed E-state index contributed by atoms with van der Waals surface area (Å²) in [5.74, 6) is -0.563. The number of halogens is 3. The van der Waals surface area contributed by atoms with Gasteiger partial charge in [0.05, 0.1) is 5.02 Å². The third kappa shape index (κ3) is 2.56. The standard InChI is InChI=1S/C9H10ClF2N/c1-5(11)2-6-3-8(12)7(10)4-9(6)13/h3-5H,2,13H2,1H3. The molecule has 1 rings (SSSR count). The fourth-order valence-electron chi connectivity index (χ4n) is 1.08. The Labute approximate surface area is 80.5 Å². The molecular weight excluding hydrogens is 196 g/mol. The highest BCUT2D eigenvalue weighted by Crippen LogP contribution is 2.23. The number of anilines is 1. The number of hydrogen-bond donors (Lipinski definition) is 1. The van der Waals surface area contributed by atoms with E-state index < -0.39 is 12.0 Å². The van der Waals surface area contributed by atoms with Gasteiger partial charge in [-0.25, -0.2) is 8.78 Å². The highest BCUT2D eigenvalue weighted by atomic mass is 35.5. The Balaban J connectivity index is 3.01. The molecule has 0 aliphatic carbocycles. The van der Waals surface area contributed by atoms with Gasteiger partial charge in [0, 0.05) is 12.1 Å². The molecule has 72 valence electrons. The summed E-state index contributed by atoms with van der Waals surface area (Å²) in [6, 6.07) is 2.47. The molecule has 0 spiro atoms. The Morgan fingerprint density at radius 2 is 2.15 bits per heavy atom. The summed E-state index contributed by atoms with van der Waals surface area (Å²) in [7, 11) is 0. The van der Waals surface area contributed by atoms with E-state index in [1.54, 1.807) is 0 Å². The van der Waals surface area contributed by atoms with Crippen LogP contribution in [0.15, 0.2) is 12.1 Å². The van der Waals surface area contributed by atoms with E-state index in [0.717, 1.165) is 0 Å². The van der Waals surface area contributed by atoms with E-state index in [-0.39, 0.29) is 11.4 Å². The van der Waals surface area contributed by atoms with Gasteiger partial charge in [-0.3, -0.25) is 0 Å². The number of alkyl halides is 1. The maximum atomic E-state index is 12.9. The minimum atomic E-state index is -1.04. The van der Waals surface area contributed by atoms with Crippen LogP contribution in [0.25, 0.3) is 0 Å². The van der Waals surface area contributed by atoms with Gasteiger partial charge >= 0.3 is 0 Å². The summed E-state index contributed by atoms with van der Waals surface area (Å²) in [4.78, 5) is 0. The first-order valence-corrected chi connectivity index (χ1v) is 4.26. The molecule has 0 bridgehead atoms. The third-order valence-electron chi connectivity index (χ3n) is 1.68. The zero-order valence-electron chi connectivity index (χ0n) is 7.15. The predicted molar refractivity (Wildman–Crippen MR) is 50.1 cm³/mol. The van der Waals surface area contributed by atoms with Crippen LogP contribution in [0.5, 0.6) is 0 Å². The predicted octanol–water partition coefficient (Wildman–Crippen LogP) is 2.96. The lowest BCUT2D eigenvalue weighted by atomic mass is 10.1. The van der Waals surface area contributed by atoms with Crippen molar-refractivity contribution in [2.24, 2.45) is 0 Å². The summed E-state index contributed by atoms with van der Waals surface area (Å²) in [5.41, 5.74) is 6.31. The molecule has 0 aromatic heterocycles. The summed E-state index contributed by atoms with van der Waals surface area (Å²) in [6.07, 6.45) is -0.928. The van der Waals surface area contributed by atoms with E-state index in [1.807, 2.05) is 0 Å². The van der Waals surface area contributed by atoms with Crippen molar-refractivity contribution >= 4 is 17.3 Å². The van der Waals surface area contributed by atoms with E-state index in [9.17, 15) is 8.78 Å². The van der Waals surface area contributed by atoms with Gasteiger partial charge in [0.1, 0.15) is 12.0 Å². The number of nitrogen functional groups attached to an aromatic ring is 1. The summed E-state index contributed by atoms with van der Waals surface area (Å²) < 4.78 is 25.5. The highest BCUT2D eigenvalue weighted by Gasteiger charge is 2.08. The minimum Gasteiger partial charge on any atom is -0.398 e. The van der Waals surface area contributed by atoms with Crippen LogP contribution < -0.4 is 5.73 Å². The number of rotatable bonds is 2. The average Bonchev–Trinajstić information content (AvgIpc) is 1.99. The topological polar surface area (TPSA) is 26.0 Å². The second-order valence-electron chi connectivity index (χ2n) is 2.95. The minimum absolute atomic E-state index is 0.0345. The van der Waals surface area contributed by atoms with Crippen molar-refractivity contribution in [3.63, 3.8) is 0 Å². The van der Waals surface area contributed by atoms with Crippen LogP contribution in [0.3, 0.4) is 0 Å². The summed E-state index contributed by atoms with van der Waals surface area (Å²) in [6.45, 7) is 1.39. The molecule has 1 nitrogen and oxygen atoms in total. The molecule has 13 heavy (non-hydrogen) atoms. The van der Waals surface area contributed by atoms with Gasteiger partial charge in [0.15, 0.2) is 0 Å². The van der Waals surface area contributed by atoms with Crippen LogP contribution in [-0.4, -0.2) is 6.17 Å². The first-order chi connectivity index (χ1) is 6.00. The zero-order chi connectivity index (χ0) is 10.0. The first-order valence-electron chi connectivity index (χ1n) is 3.88. The Hall–Kier alpha value is -0.830. The summed E-state index contributed by atoms with van der Waals surface area (Å²) >= 11 is 5.47. The molecule has 0 fully saturated rings. The molecule has 0 saturated carbocycles. The Bertz CT molecular complexity index is 313. The monoisotopic (exact) mass is 205 g/mol. The van der Waals surface area contributed by atoms with Crippen LogP contribution in [-0.2, 0) is 6.42 Å². The van der Waals surface area contributed by atoms with Crippen molar-refractivity contribution in [1.29, 1.82) is 0 Å². The van der Waals surface area contributed by atoms with Gasteiger partial charge in [-0.1, -0.05) is 11.6 Å². The molecule has 2 N–H and O–H groups in total. The van der Waals surface area contributed by atoms with Gasteiger partial charge < -0.3 is 5.73 Å². The maximum Gasteiger partial charge on any atom is 0.142 e. The van der Waals surface area contributed by atoms with Crippen molar-refractivity contribution in [2.75, 3.05) is 5.73 Å². The Kier molecular flexibility index (Phi) is 3.09. The van der Waals surface area contributed by atoms with Crippen LogP contribution in [0, 0.1) is 5.82 Å². The molecule has 1 aromatic carbocycles. The van der Waals surface area contributed by atoms with Crippen molar-refractivity contribution in [3.8, 4) is 0 Å². The SMILES string of the molecule is CC(F)Cc1cc(F)c(Cl)cc1N. The van der Waals surface area contributed by atoms with Crippen molar-refractivity contribution < 1.29 is 8.78 Å². The quantitative estimate of drug-likeness (QED) is 0.739. The second-order valence-corrected chi connectivity index (χ2v) is 3.36. The largest absolute Gasteiger partial charge is 0.398 e. The van der Waals surface area contributed by atoms with Crippen LogP contribution in [0.4, 0.5) is 14.5 Å². The normalized spacial score (nSPS) is 12.9. The molecule has 0 saturated heterocycles. The lowest BCUT2D eigenvalue weighted by Crippen LogP contribution is -2.03. The molecule has 1 unspecified atom stereocenters. The summed E-state index contributed by atoms with van der Waals surface area (Å²) in [5, 5.41) is -0.0345. The van der Waals surface area contributed by atoms with E-state index in [1.165, 1.54) is 19.1 Å². The van der Waals surface area contributed by atoms with Crippen LogP contribution >= 0.6 is 11.6 Å². The lowest BCUT2D eigenvalue weighted by molar-refractivity contribution is 0.360. The van der Waals surface area contributed by atoms with Crippen LogP contribution in [0.1, 0.15) is 12.5 Å². The maximum absolute atomic E-state index is 12.9. The molecule has 0 amide bonds. The van der Waals surface area contributed by atoms with Gasteiger partial charge in [-0.15, -0.1) is 0 Å². The van der Waals surface area contributed by atoms with Gasteiger partial charge in [0.2, 0.25) is 0 Å². The van der Waals surface area contributed by atoms with Crippen molar-refractivity contribution in [1.82, 2.24) is 0 Å². The van der Waals surface area contributed by atoms with Crippen molar-refractivity contribution in [2.45, 2.75) is 19.5 Å². The van der Waals surface area contributed by atoms with Gasteiger partial charge in [-0.05, 0) is 24.6 Å². The molecule has 1 aromatic rings. The molecule has 0 heterocycles. The fraction of sp³-hybridized carbons (Fsp3) is 0.333. The lowest BCUT2D eigenvalue weighted by Gasteiger charge is -2.07. The molecule has 1 atom stereocenters. The molecule has 0 aliphatic heterocycles. The molecule has 4 heteroatoms. The number of hydrogen-bond acceptors (Lipinski definition) is 1. The molecule has 0 radical (unpaired) electrons. The molecule has 0 aliphatic rings. The highest BCUT2D eigenvalue weighted by molar-refractivity contribution is 6.31. The number of nitrogens with two attached hydrogens (primary N) is 1. The third-order valence-corrected chi connectivity index (χ3v) is 1.97. The van der Waals surface area contributed by atoms with E-state index in [4.69, 9.17) is 17.3 Å². The average molecular weight is 206 g/mol. The Morgan fingerprint density at radius 1 is 1.54 bits per heavy atom. The van der Waals surface area contributed by atoms with E-state index in [2.05, 4.69) is 0 Å². The fourth-order valence-corrected chi connectivity index (χ4v) is 1.26.